The number of nitrogens with zero attached hydrogens (tertiary/aromatic N) is 1. The van der Waals surface area contributed by atoms with Gasteiger partial charge >= 0.3 is 0 Å². The van der Waals surface area contributed by atoms with E-state index in [-0.39, 0.29) is 5.91 Å². The van der Waals surface area contributed by atoms with E-state index in [9.17, 15) is 4.79 Å². The SMILES string of the molecule is CC(CCN)CCC(=O)NC1CCN2CCCC2C1. The molecule has 3 unspecified atom stereocenters. The van der Waals surface area contributed by atoms with Gasteiger partial charge in [0.2, 0.25) is 5.91 Å². The maximum Gasteiger partial charge on any atom is 0.220 e. The molecule has 1 amide bonds. The Kier molecular flexibility index (Phi) is 5.64. The van der Waals surface area contributed by atoms with Gasteiger partial charge in [0.1, 0.15) is 0 Å². The van der Waals surface area contributed by atoms with Gasteiger partial charge in [0, 0.05) is 25.0 Å². The zero-order valence-electron chi connectivity index (χ0n) is 12.2. The first-order valence-electron chi connectivity index (χ1n) is 7.92. The third-order valence-electron chi connectivity index (χ3n) is 4.71. The number of hydrogen-bond donors (Lipinski definition) is 2. The normalized spacial score (nSPS) is 28.9. The van der Waals surface area contributed by atoms with Crippen molar-refractivity contribution in [2.45, 2.75) is 64.0 Å². The maximum absolute atomic E-state index is 12.0. The van der Waals surface area contributed by atoms with Crippen LogP contribution in [0.2, 0.25) is 0 Å². The lowest BCUT2D eigenvalue weighted by molar-refractivity contribution is -0.122. The molecule has 0 aromatic heterocycles. The number of fused-ring (bicyclic) bond motifs is 1. The van der Waals surface area contributed by atoms with E-state index < -0.39 is 0 Å². The van der Waals surface area contributed by atoms with Gasteiger partial charge in [-0.05, 0) is 57.5 Å². The number of rotatable bonds is 6. The summed E-state index contributed by atoms with van der Waals surface area (Å²) in [6, 6.07) is 1.15. The van der Waals surface area contributed by atoms with Gasteiger partial charge in [-0.3, -0.25) is 4.79 Å². The molecule has 3 atom stereocenters. The minimum absolute atomic E-state index is 0.236. The molecule has 0 aromatic rings. The Hall–Kier alpha value is -0.610. The van der Waals surface area contributed by atoms with E-state index in [1.54, 1.807) is 0 Å². The Bertz CT molecular complexity index is 295. The standard InChI is InChI=1S/C15H29N3O/c1-12(6-8-16)4-5-15(19)17-13-7-10-18-9-2-3-14(18)11-13/h12-14H,2-11,16H2,1H3,(H,17,19). The van der Waals surface area contributed by atoms with Crippen LogP contribution in [0.3, 0.4) is 0 Å². The summed E-state index contributed by atoms with van der Waals surface area (Å²) in [6.07, 6.45) is 7.58. The smallest absolute Gasteiger partial charge is 0.220 e. The number of amides is 1. The number of hydrogen-bond acceptors (Lipinski definition) is 3. The fraction of sp³-hybridized carbons (Fsp3) is 0.933. The molecule has 2 saturated heterocycles. The van der Waals surface area contributed by atoms with E-state index in [4.69, 9.17) is 5.73 Å². The van der Waals surface area contributed by atoms with Crippen LogP contribution in [0.1, 0.15) is 51.9 Å². The number of nitrogens with two attached hydrogens (primary N) is 1. The first-order valence-corrected chi connectivity index (χ1v) is 7.92. The van der Waals surface area contributed by atoms with Gasteiger partial charge in [-0.1, -0.05) is 6.92 Å². The van der Waals surface area contributed by atoms with Crippen molar-refractivity contribution in [3.63, 3.8) is 0 Å². The molecule has 0 radical (unpaired) electrons. The molecular weight excluding hydrogens is 238 g/mol. The molecular formula is C15H29N3O. The van der Waals surface area contributed by atoms with Gasteiger partial charge in [-0.15, -0.1) is 0 Å². The highest BCUT2D eigenvalue weighted by atomic mass is 16.1. The van der Waals surface area contributed by atoms with Crippen LogP contribution >= 0.6 is 0 Å². The summed E-state index contributed by atoms with van der Waals surface area (Å²) in [5, 5.41) is 3.23. The number of piperidine rings is 1. The Labute approximate surface area is 117 Å². The summed E-state index contributed by atoms with van der Waals surface area (Å²) in [6.45, 7) is 5.33. The summed E-state index contributed by atoms with van der Waals surface area (Å²) >= 11 is 0. The fourth-order valence-electron chi connectivity index (χ4n) is 3.46. The largest absolute Gasteiger partial charge is 0.353 e. The molecule has 110 valence electrons. The molecule has 4 nitrogen and oxygen atoms in total. The van der Waals surface area contributed by atoms with Gasteiger partial charge in [0.05, 0.1) is 0 Å². The molecule has 2 rings (SSSR count). The zero-order chi connectivity index (χ0) is 13.7. The molecule has 0 aromatic carbocycles. The molecule has 2 fully saturated rings. The highest BCUT2D eigenvalue weighted by Crippen LogP contribution is 2.26. The molecule has 2 aliphatic heterocycles. The second kappa shape index (κ2) is 7.25. The third-order valence-corrected chi connectivity index (χ3v) is 4.71. The van der Waals surface area contributed by atoms with Crippen molar-refractivity contribution in [3.8, 4) is 0 Å². The van der Waals surface area contributed by atoms with Crippen molar-refractivity contribution in [2.75, 3.05) is 19.6 Å². The molecule has 2 heterocycles. The van der Waals surface area contributed by atoms with Gasteiger partial charge in [-0.2, -0.15) is 0 Å². The van der Waals surface area contributed by atoms with E-state index in [1.807, 2.05) is 0 Å². The highest BCUT2D eigenvalue weighted by molar-refractivity contribution is 5.76. The van der Waals surface area contributed by atoms with Crippen LogP contribution in [-0.2, 0) is 4.79 Å². The average Bonchev–Trinajstić information content (AvgIpc) is 2.84. The van der Waals surface area contributed by atoms with Crippen molar-refractivity contribution < 1.29 is 4.79 Å². The monoisotopic (exact) mass is 267 g/mol. The van der Waals surface area contributed by atoms with E-state index in [2.05, 4.69) is 17.1 Å². The topological polar surface area (TPSA) is 58.4 Å². The van der Waals surface area contributed by atoms with Crippen molar-refractivity contribution >= 4 is 5.91 Å². The predicted octanol–water partition coefficient (Wildman–Crippen LogP) is 1.49. The van der Waals surface area contributed by atoms with Gasteiger partial charge in [0.25, 0.3) is 0 Å². The van der Waals surface area contributed by atoms with Crippen LogP contribution < -0.4 is 11.1 Å². The fourth-order valence-corrected chi connectivity index (χ4v) is 3.46. The lowest BCUT2D eigenvalue weighted by atomic mass is 9.97. The maximum atomic E-state index is 12.0. The van der Waals surface area contributed by atoms with Crippen molar-refractivity contribution in [3.05, 3.63) is 0 Å². The van der Waals surface area contributed by atoms with Crippen LogP contribution in [0.15, 0.2) is 0 Å². The average molecular weight is 267 g/mol. The minimum Gasteiger partial charge on any atom is -0.353 e. The molecule has 0 spiro atoms. The Morgan fingerprint density at radius 1 is 1.37 bits per heavy atom. The summed E-state index contributed by atoms with van der Waals surface area (Å²) in [5.41, 5.74) is 5.53. The van der Waals surface area contributed by atoms with Crippen LogP contribution in [0.25, 0.3) is 0 Å². The molecule has 2 aliphatic rings. The van der Waals surface area contributed by atoms with Crippen LogP contribution in [0, 0.1) is 5.92 Å². The van der Waals surface area contributed by atoms with Crippen LogP contribution in [-0.4, -0.2) is 42.5 Å². The number of carbonyl (C=O) groups is 1. The first-order chi connectivity index (χ1) is 9.19. The van der Waals surface area contributed by atoms with Crippen LogP contribution in [0.5, 0.6) is 0 Å². The van der Waals surface area contributed by atoms with E-state index in [0.29, 0.717) is 18.4 Å². The lowest BCUT2D eigenvalue weighted by Crippen LogP contribution is -2.47. The van der Waals surface area contributed by atoms with Crippen LogP contribution in [0.4, 0.5) is 0 Å². The summed E-state index contributed by atoms with van der Waals surface area (Å²) < 4.78 is 0. The summed E-state index contributed by atoms with van der Waals surface area (Å²) in [4.78, 5) is 14.5. The molecule has 0 saturated carbocycles. The van der Waals surface area contributed by atoms with Crippen molar-refractivity contribution in [2.24, 2.45) is 11.7 Å². The third kappa shape index (κ3) is 4.46. The number of nitrogens with one attached hydrogen (secondary N) is 1. The zero-order valence-corrected chi connectivity index (χ0v) is 12.2. The molecule has 19 heavy (non-hydrogen) atoms. The van der Waals surface area contributed by atoms with E-state index >= 15 is 0 Å². The summed E-state index contributed by atoms with van der Waals surface area (Å²) in [5.74, 6) is 0.799. The number of carbonyl (C=O) groups excluding carboxylic acids is 1. The Morgan fingerprint density at radius 2 is 2.21 bits per heavy atom. The first kappa shape index (κ1) is 14.8. The Morgan fingerprint density at radius 3 is 3.00 bits per heavy atom. The second-order valence-electron chi connectivity index (χ2n) is 6.34. The summed E-state index contributed by atoms with van der Waals surface area (Å²) in [7, 11) is 0. The molecule has 4 heteroatoms. The Balaban J connectivity index is 1.65. The van der Waals surface area contributed by atoms with E-state index in [0.717, 1.165) is 38.3 Å². The second-order valence-corrected chi connectivity index (χ2v) is 6.34. The van der Waals surface area contributed by atoms with E-state index in [1.165, 1.54) is 25.9 Å². The van der Waals surface area contributed by atoms with Gasteiger partial charge in [-0.25, -0.2) is 0 Å². The predicted molar refractivity (Wildman–Crippen MR) is 77.8 cm³/mol. The molecule has 0 aliphatic carbocycles. The minimum atomic E-state index is 0.236. The molecule has 3 N–H and O–H groups in total. The quantitative estimate of drug-likeness (QED) is 0.766. The van der Waals surface area contributed by atoms with Crippen molar-refractivity contribution in [1.82, 2.24) is 10.2 Å². The highest BCUT2D eigenvalue weighted by Gasteiger charge is 2.32. The van der Waals surface area contributed by atoms with Gasteiger partial charge in [0.15, 0.2) is 0 Å². The lowest BCUT2D eigenvalue weighted by Gasteiger charge is -2.35. The van der Waals surface area contributed by atoms with Crippen molar-refractivity contribution in [1.29, 1.82) is 0 Å². The molecule has 0 bridgehead atoms. The van der Waals surface area contributed by atoms with Gasteiger partial charge < -0.3 is 16.0 Å².